The summed E-state index contributed by atoms with van der Waals surface area (Å²) in [7, 11) is 0. The number of aromatic nitrogens is 1. The van der Waals surface area contributed by atoms with E-state index in [0.29, 0.717) is 5.69 Å². The van der Waals surface area contributed by atoms with Crippen molar-refractivity contribution in [2.45, 2.75) is 22.8 Å². The molecule has 0 aliphatic carbocycles. The van der Waals surface area contributed by atoms with Gasteiger partial charge in [-0.15, -0.1) is 0 Å². The lowest BCUT2D eigenvalue weighted by atomic mass is 10.2. The minimum atomic E-state index is -0.585. The molecule has 0 amide bonds. The Morgan fingerprint density at radius 1 is 1.21 bits per heavy atom. The molecule has 0 bridgehead atoms. The fraction of sp³-hybridized carbons (Fsp3) is 0.154. The molecule has 0 aliphatic rings. The van der Waals surface area contributed by atoms with Crippen LogP contribution < -0.4 is 0 Å². The molecule has 5 nitrogen and oxygen atoms in total. The quantitative estimate of drug-likeness (QED) is 0.685. The number of nitro groups is 1. The van der Waals surface area contributed by atoms with E-state index >= 15 is 0 Å². The van der Waals surface area contributed by atoms with E-state index in [9.17, 15) is 15.2 Å². The highest BCUT2D eigenvalue weighted by molar-refractivity contribution is 7.99. The summed E-state index contributed by atoms with van der Waals surface area (Å²) in [5, 5.41) is 19.9. The molecule has 0 radical (unpaired) electrons. The van der Waals surface area contributed by atoms with Crippen LogP contribution in [-0.4, -0.2) is 15.0 Å². The number of hydrogen-bond acceptors (Lipinski definition) is 5. The zero-order valence-electron chi connectivity index (χ0n) is 10.2. The van der Waals surface area contributed by atoms with Crippen LogP contribution in [-0.2, 0) is 0 Å². The number of aliphatic hydroxyl groups is 1. The van der Waals surface area contributed by atoms with Crippen LogP contribution in [0.4, 0.5) is 5.69 Å². The molecule has 0 fully saturated rings. The number of aliphatic hydroxyl groups excluding tert-OH is 1. The number of nitrogens with zero attached hydrogens (tertiary/aromatic N) is 2. The van der Waals surface area contributed by atoms with Crippen molar-refractivity contribution in [3.8, 4) is 0 Å². The predicted molar refractivity (Wildman–Crippen MR) is 72.1 cm³/mol. The van der Waals surface area contributed by atoms with E-state index in [4.69, 9.17) is 0 Å². The van der Waals surface area contributed by atoms with Gasteiger partial charge in [-0.2, -0.15) is 0 Å². The molecule has 2 aromatic rings. The fourth-order valence-electron chi connectivity index (χ4n) is 1.47. The van der Waals surface area contributed by atoms with Crippen molar-refractivity contribution in [2.24, 2.45) is 0 Å². The molecule has 1 atom stereocenters. The molecule has 0 spiro atoms. The Morgan fingerprint density at radius 2 is 1.84 bits per heavy atom. The van der Waals surface area contributed by atoms with Gasteiger partial charge in [0.2, 0.25) is 0 Å². The second-order valence-electron chi connectivity index (χ2n) is 3.95. The maximum Gasteiger partial charge on any atom is 0.269 e. The van der Waals surface area contributed by atoms with E-state index in [0.717, 1.165) is 9.79 Å². The molecule has 1 N–H and O–H groups in total. The zero-order valence-corrected chi connectivity index (χ0v) is 11.0. The van der Waals surface area contributed by atoms with Gasteiger partial charge in [-0.1, -0.05) is 11.8 Å². The van der Waals surface area contributed by atoms with Crippen molar-refractivity contribution in [1.82, 2.24) is 4.98 Å². The van der Waals surface area contributed by atoms with Crippen LogP contribution >= 0.6 is 11.8 Å². The van der Waals surface area contributed by atoms with Crippen LogP contribution in [0.2, 0.25) is 0 Å². The molecule has 98 valence electrons. The van der Waals surface area contributed by atoms with Crippen LogP contribution in [0.15, 0.2) is 52.4 Å². The first-order chi connectivity index (χ1) is 9.06. The highest BCUT2D eigenvalue weighted by atomic mass is 32.2. The van der Waals surface area contributed by atoms with E-state index in [-0.39, 0.29) is 5.69 Å². The zero-order chi connectivity index (χ0) is 13.8. The van der Waals surface area contributed by atoms with E-state index in [1.54, 1.807) is 31.3 Å². The smallest absolute Gasteiger partial charge is 0.269 e. The second-order valence-corrected chi connectivity index (χ2v) is 5.09. The maximum atomic E-state index is 10.5. The summed E-state index contributed by atoms with van der Waals surface area (Å²) in [4.78, 5) is 16.1. The highest BCUT2D eigenvalue weighted by Crippen LogP contribution is 2.28. The predicted octanol–water partition coefficient (Wildman–Crippen LogP) is 3.19. The van der Waals surface area contributed by atoms with Gasteiger partial charge in [-0.3, -0.25) is 15.1 Å². The molecular weight excluding hydrogens is 264 g/mol. The number of hydrogen-bond donors (Lipinski definition) is 1. The summed E-state index contributed by atoms with van der Waals surface area (Å²) in [6.45, 7) is 1.66. The first-order valence-corrected chi connectivity index (χ1v) is 6.44. The summed E-state index contributed by atoms with van der Waals surface area (Å²) in [6.07, 6.45) is 1.09. The number of pyridine rings is 1. The second kappa shape index (κ2) is 5.81. The summed E-state index contributed by atoms with van der Waals surface area (Å²) in [5.41, 5.74) is 0.694. The van der Waals surface area contributed by atoms with Crippen LogP contribution in [0.3, 0.4) is 0 Å². The summed E-state index contributed by atoms with van der Waals surface area (Å²) < 4.78 is 0. The highest BCUT2D eigenvalue weighted by Gasteiger charge is 2.06. The van der Waals surface area contributed by atoms with Gasteiger partial charge in [-0.25, -0.2) is 0 Å². The van der Waals surface area contributed by atoms with Crippen molar-refractivity contribution >= 4 is 17.4 Å². The Labute approximate surface area is 114 Å². The van der Waals surface area contributed by atoms with Gasteiger partial charge in [0.1, 0.15) is 0 Å². The van der Waals surface area contributed by atoms with Gasteiger partial charge in [0, 0.05) is 28.1 Å². The van der Waals surface area contributed by atoms with Gasteiger partial charge in [0.15, 0.2) is 0 Å². The summed E-state index contributed by atoms with van der Waals surface area (Å²) in [6, 6.07) is 9.97. The minimum Gasteiger partial charge on any atom is -0.387 e. The van der Waals surface area contributed by atoms with Crippen LogP contribution in [0.5, 0.6) is 0 Å². The topological polar surface area (TPSA) is 76.3 Å². The lowest BCUT2D eigenvalue weighted by molar-refractivity contribution is -0.384. The third kappa shape index (κ3) is 3.52. The van der Waals surface area contributed by atoms with Crippen molar-refractivity contribution in [1.29, 1.82) is 0 Å². The van der Waals surface area contributed by atoms with Crippen molar-refractivity contribution in [2.75, 3.05) is 0 Å². The van der Waals surface area contributed by atoms with Gasteiger partial charge in [-0.05, 0) is 31.2 Å². The van der Waals surface area contributed by atoms with Gasteiger partial charge >= 0.3 is 0 Å². The SMILES string of the molecule is C[C@@H](O)c1ccc(Sc2ccc([N+](=O)[O-])cc2)cn1. The van der Waals surface area contributed by atoms with Gasteiger partial charge in [0.25, 0.3) is 5.69 Å². The monoisotopic (exact) mass is 276 g/mol. The fourth-order valence-corrected chi connectivity index (χ4v) is 2.26. The van der Waals surface area contributed by atoms with E-state index < -0.39 is 11.0 Å². The molecule has 0 aliphatic heterocycles. The largest absolute Gasteiger partial charge is 0.387 e. The Morgan fingerprint density at radius 3 is 2.32 bits per heavy atom. The first kappa shape index (κ1) is 13.5. The Bertz CT molecular complexity index is 567. The molecule has 6 heteroatoms. The average molecular weight is 276 g/mol. The Hall–Kier alpha value is -1.92. The lowest BCUT2D eigenvalue weighted by Gasteiger charge is -2.05. The Kier molecular flexibility index (Phi) is 4.13. The molecule has 1 aromatic carbocycles. The molecular formula is C13H12N2O3S. The first-order valence-electron chi connectivity index (χ1n) is 5.62. The van der Waals surface area contributed by atoms with Crippen molar-refractivity contribution < 1.29 is 10.0 Å². The Balaban J connectivity index is 2.10. The van der Waals surface area contributed by atoms with Crippen molar-refractivity contribution in [3.05, 3.63) is 58.4 Å². The molecule has 1 aromatic heterocycles. The summed E-state index contributed by atoms with van der Waals surface area (Å²) in [5.74, 6) is 0. The van der Waals surface area contributed by atoms with E-state index in [1.165, 1.54) is 23.9 Å². The molecule has 0 unspecified atom stereocenters. The molecule has 19 heavy (non-hydrogen) atoms. The van der Waals surface area contributed by atoms with Crippen LogP contribution in [0.25, 0.3) is 0 Å². The molecule has 1 heterocycles. The number of non-ortho nitro benzene ring substituents is 1. The number of nitro benzene ring substituents is 1. The van der Waals surface area contributed by atoms with E-state index in [1.807, 2.05) is 6.07 Å². The lowest BCUT2D eigenvalue weighted by Crippen LogP contribution is -1.94. The molecule has 2 rings (SSSR count). The third-order valence-electron chi connectivity index (χ3n) is 2.47. The normalized spacial score (nSPS) is 12.1. The van der Waals surface area contributed by atoms with Crippen molar-refractivity contribution in [3.63, 3.8) is 0 Å². The van der Waals surface area contributed by atoms with Crippen LogP contribution in [0, 0.1) is 10.1 Å². The number of benzene rings is 1. The van der Waals surface area contributed by atoms with Gasteiger partial charge < -0.3 is 5.11 Å². The molecule has 0 saturated carbocycles. The molecule has 0 saturated heterocycles. The van der Waals surface area contributed by atoms with Gasteiger partial charge in [0.05, 0.1) is 16.7 Å². The summed E-state index contributed by atoms with van der Waals surface area (Å²) >= 11 is 1.46. The standard InChI is InChI=1S/C13H12N2O3S/c1-9(16)13-7-6-12(8-14-13)19-11-4-2-10(3-5-11)15(17)18/h2-9,16H,1H3/t9-/m1/s1. The minimum absolute atomic E-state index is 0.0759. The van der Waals surface area contributed by atoms with Crippen LogP contribution in [0.1, 0.15) is 18.7 Å². The maximum absolute atomic E-state index is 10.5. The number of rotatable bonds is 4. The average Bonchev–Trinajstić information content (AvgIpc) is 2.40. The third-order valence-corrected chi connectivity index (χ3v) is 3.46. The van der Waals surface area contributed by atoms with E-state index in [2.05, 4.69) is 4.98 Å².